The van der Waals surface area contributed by atoms with Crippen molar-refractivity contribution in [1.82, 2.24) is 0 Å². The molecule has 0 saturated heterocycles. The molecule has 0 radical (unpaired) electrons. The molecule has 0 aliphatic rings. The predicted molar refractivity (Wildman–Crippen MR) is 56.9 cm³/mol. The van der Waals surface area contributed by atoms with Gasteiger partial charge in [-0.2, -0.15) is 0 Å². The number of benzene rings is 1. The Balaban J connectivity index is 2.79. The van der Waals surface area contributed by atoms with Crippen LogP contribution in [-0.4, -0.2) is 14.2 Å². The molecule has 72 valence electrons. The van der Waals surface area contributed by atoms with Gasteiger partial charge in [-0.15, -0.1) is 0 Å². The molecule has 1 aromatic rings. The summed E-state index contributed by atoms with van der Waals surface area (Å²) in [6, 6.07) is 6.13. The van der Waals surface area contributed by atoms with Crippen LogP contribution < -0.4 is 0 Å². The normalized spacial score (nSPS) is 10.4. The second-order valence-corrected chi connectivity index (χ2v) is 4.34. The van der Waals surface area contributed by atoms with E-state index in [1.165, 1.54) is 29.6 Å². The third kappa shape index (κ3) is 3.23. The average Bonchev–Trinajstić information content (AvgIpc) is 2.10. The summed E-state index contributed by atoms with van der Waals surface area (Å²) >= 11 is 2.74. The highest BCUT2D eigenvalue weighted by molar-refractivity contribution is 7.95. The second kappa shape index (κ2) is 5.54. The number of aryl methyl sites for hydroxylation is 1. The third-order valence-electron chi connectivity index (χ3n) is 1.50. The van der Waals surface area contributed by atoms with Gasteiger partial charge in [-0.05, 0) is 30.7 Å². The van der Waals surface area contributed by atoms with Crippen LogP contribution in [0.2, 0.25) is 0 Å². The van der Waals surface area contributed by atoms with E-state index in [0.29, 0.717) is 0 Å². The van der Waals surface area contributed by atoms with Crippen molar-refractivity contribution >= 4 is 24.1 Å². The van der Waals surface area contributed by atoms with Crippen molar-refractivity contribution in [2.45, 2.75) is 16.7 Å². The number of hydrogen-bond donors (Lipinski definition) is 0. The van der Waals surface area contributed by atoms with Gasteiger partial charge in [0.2, 0.25) is 0 Å². The lowest BCUT2D eigenvalue weighted by Crippen LogP contribution is -1.81. The largest absolute Gasteiger partial charge is 0.314 e. The Bertz CT molecular complexity index is 276. The summed E-state index contributed by atoms with van der Waals surface area (Å²) in [4.78, 5) is 2.25. The van der Waals surface area contributed by atoms with Gasteiger partial charge in [0.05, 0.1) is 14.2 Å². The van der Waals surface area contributed by atoms with Crippen LogP contribution in [0.1, 0.15) is 5.56 Å². The Kier molecular flexibility index (Phi) is 4.66. The smallest absolute Gasteiger partial charge is 0.0508 e. The Morgan fingerprint density at radius 2 is 1.77 bits per heavy atom. The van der Waals surface area contributed by atoms with Crippen LogP contribution in [0.15, 0.2) is 28.0 Å². The van der Waals surface area contributed by atoms with Crippen molar-refractivity contribution in [2.24, 2.45) is 0 Å². The van der Waals surface area contributed by atoms with E-state index in [2.05, 4.69) is 13.0 Å². The van der Waals surface area contributed by atoms with Crippen LogP contribution in [0.25, 0.3) is 0 Å². The van der Waals surface area contributed by atoms with Crippen LogP contribution in [0, 0.1) is 6.92 Å². The topological polar surface area (TPSA) is 18.5 Å². The maximum atomic E-state index is 4.99. The van der Waals surface area contributed by atoms with Crippen LogP contribution in [0.5, 0.6) is 0 Å². The predicted octanol–water partition coefficient (Wildman–Crippen LogP) is 3.30. The van der Waals surface area contributed by atoms with Gasteiger partial charge in [-0.25, -0.2) is 0 Å². The lowest BCUT2D eigenvalue weighted by atomic mass is 10.2. The first kappa shape index (κ1) is 10.9. The van der Waals surface area contributed by atoms with Crippen LogP contribution >= 0.6 is 24.1 Å². The molecule has 0 aliphatic heterocycles. The van der Waals surface area contributed by atoms with E-state index in [-0.39, 0.29) is 0 Å². The zero-order chi connectivity index (χ0) is 9.68. The fraction of sp³-hybridized carbons (Fsp3) is 0.333. The Labute approximate surface area is 87.4 Å². The van der Waals surface area contributed by atoms with Crippen molar-refractivity contribution in [1.29, 1.82) is 0 Å². The van der Waals surface area contributed by atoms with E-state index in [0.717, 1.165) is 9.79 Å². The molecule has 13 heavy (non-hydrogen) atoms. The minimum absolute atomic E-state index is 1.11. The van der Waals surface area contributed by atoms with E-state index in [1.807, 2.05) is 12.1 Å². The Morgan fingerprint density at radius 1 is 1.08 bits per heavy atom. The zero-order valence-electron chi connectivity index (χ0n) is 7.87. The van der Waals surface area contributed by atoms with E-state index in [4.69, 9.17) is 8.37 Å². The minimum atomic E-state index is 1.11. The van der Waals surface area contributed by atoms with Gasteiger partial charge in [0, 0.05) is 33.9 Å². The molecule has 0 saturated carbocycles. The van der Waals surface area contributed by atoms with Crippen molar-refractivity contribution in [3.8, 4) is 0 Å². The first-order chi connectivity index (χ1) is 6.27. The standard InChI is InChI=1S/C9H12O2S2/c1-7-6-8(12-10-2)4-5-9(7)13-11-3/h4-6H,1-3H3. The van der Waals surface area contributed by atoms with E-state index in [1.54, 1.807) is 14.2 Å². The summed E-state index contributed by atoms with van der Waals surface area (Å²) in [7, 11) is 3.33. The summed E-state index contributed by atoms with van der Waals surface area (Å²) in [5, 5.41) is 0. The van der Waals surface area contributed by atoms with E-state index < -0.39 is 0 Å². The van der Waals surface area contributed by atoms with Gasteiger partial charge < -0.3 is 8.37 Å². The molecule has 0 atom stereocenters. The molecule has 0 bridgehead atoms. The molecule has 2 nitrogen and oxygen atoms in total. The van der Waals surface area contributed by atoms with Gasteiger partial charge in [-0.1, -0.05) is 0 Å². The van der Waals surface area contributed by atoms with Crippen molar-refractivity contribution in [3.63, 3.8) is 0 Å². The number of rotatable bonds is 4. The van der Waals surface area contributed by atoms with Crippen molar-refractivity contribution in [3.05, 3.63) is 23.8 Å². The van der Waals surface area contributed by atoms with Gasteiger partial charge in [0.1, 0.15) is 0 Å². The molecule has 0 unspecified atom stereocenters. The summed E-state index contributed by atoms with van der Waals surface area (Å²) in [5.74, 6) is 0. The lowest BCUT2D eigenvalue weighted by Gasteiger charge is -2.04. The maximum absolute atomic E-state index is 4.99. The minimum Gasteiger partial charge on any atom is -0.314 e. The van der Waals surface area contributed by atoms with Crippen LogP contribution in [0.3, 0.4) is 0 Å². The first-order valence-corrected chi connectivity index (χ1v) is 5.28. The maximum Gasteiger partial charge on any atom is 0.0508 e. The highest BCUT2D eigenvalue weighted by atomic mass is 32.2. The molecule has 0 amide bonds. The molecule has 0 fully saturated rings. The molecule has 0 heterocycles. The quantitative estimate of drug-likeness (QED) is 0.718. The molecule has 1 aromatic carbocycles. The molecular formula is C9H12O2S2. The average molecular weight is 216 g/mol. The Hall–Kier alpha value is -0.160. The highest BCUT2D eigenvalue weighted by Gasteiger charge is 2.00. The zero-order valence-corrected chi connectivity index (χ0v) is 9.50. The summed E-state index contributed by atoms with van der Waals surface area (Å²) < 4.78 is 9.95. The second-order valence-electron chi connectivity index (χ2n) is 2.43. The van der Waals surface area contributed by atoms with Crippen LogP contribution in [-0.2, 0) is 8.37 Å². The Morgan fingerprint density at radius 3 is 2.31 bits per heavy atom. The SMILES string of the molecule is COSc1ccc(SOC)c(C)c1. The molecule has 0 aliphatic carbocycles. The fourth-order valence-corrected chi connectivity index (χ4v) is 1.99. The summed E-state index contributed by atoms with van der Waals surface area (Å²) in [5.41, 5.74) is 1.20. The monoisotopic (exact) mass is 216 g/mol. The molecule has 0 spiro atoms. The van der Waals surface area contributed by atoms with Gasteiger partial charge in [-0.3, -0.25) is 0 Å². The van der Waals surface area contributed by atoms with E-state index in [9.17, 15) is 0 Å². The highest BCUT2D eigenvalue weighted by Crippen LogP contribution is 2.27. The molecule has 4 heteroatoms. The lowest BCUT2D eigenvalue weighted by molar-refractivity contribution is 0.488. The fourth-order valence-electron chi connectivity index (χ4n) is 0.953. The van der Waals surface area contributed by atoms with Crippen LogP contribution in [0.4, 0.5) is 0 Å². The molecular weight excluding hydrogens is 204 g/mol. The van der Waals surface area contributed by atoms with Crippen molar-refractivity contribution < 1.29 is 8.37 Å². The summed E-state index contributed by atoms with van der Waals surface area (Å²) in [6.07, 6.45) is 0. The summed E-state index contributed by atoms with van der Waals surface area (Å²) in [6.45, 7) is 2.06. The number of hydrogen-bond acceptors (Lipinski definition) is 4. The van der Waals surface area contributed by atoms with Gasteiger partial charge >= 0.3 is 0 Å². The van der Waals surface area contributed by atoms with Crippen molar-refractivity contribution in [2.75, 3.05) is 14.2 Å². The molecule has 1 rings (SSSR count). The van der Waals surface area contributed by atoms with Gasteiger partial charge in [0.15, 0.2) is 0 Å². The third-order valence-corrected chi connectivity index (χ3v) is 2.92. The first-order valence-electron chi connectivity index (χ1n) is 3.80. The molecule has 0 aromatic heterocycles. The molecule has 0 N–H and O–H groups in total. The van der Waals surface area contributed by atoms with Gasteiger partial charge in [0.25, 0.3) is 0 Å². The van der Waals surface area contributed by atoms with E-state index >= 15 is 0 Å².